The minimum Gasteiger partial charge on any atom is -0.496 e. The van der Waals surface area contributed by atoms with Crippen LogP contribution in [-0.2, 0) is 6.42 Å². The fourth-order valence-corrected chi connectivity index (χ4v) is 3.36. The highest BCUT2D eigenvalue weighted by Gasteiger charge is 2.13. The van der Waals surface area contributed by atoms with Gasteiger partial charge in [0.25, 0.3) is 0 Å². The van der Waals surface area contributed by atoms with E-state index < -0.39 is 6.10 Å². The zero-order valence-corrected chi connectivity index (χ0v) is 13.7. The second kappa shape index (κ2) is 6.19. The Morgan fingerprint density at radius 1 is 1.33 bits per heavy atom. The molecule has 1 aromatic heterocycles. The summed E-state index contributed by atoms with van der Waals surface area (Å²) in [6.45, 7) is 0. The van der Waals surface area contributed by atoms with Gasteiger partial charge in [0.15, 0.2) is 0 Å². The average molecular weight is 392 g/mol. The Morgan fingerprint density at radius 2 is 2.11 bits per heavy atom. The third kappa shape index (κ3) is 3.35. The fourth-order valence-electron chi connectivity index (χ4n) is 1.73. The Bertz CT molecular complexity index is 540. The molecule has 1 atom stereocenters. The molecule has 0 aliphatic carbocycles. The van der Waals surface area contributed by atoms with Crippen molar-refractivity contribution in [3.05, 3.63) is 49.0 Å². The maximum Gasteiger partial charge on any atom is 0.122 e. The maximum absolute atomic E-state index is 10.2. The van der Waals surface area contributed by atoms with Crippen molar-refractivity contribution in [1.29, 1.82) is 0 Å². The van der Waals surface area contributed by atoms with Crippen LogP contribution in [0.4, 0.5) is 0 Å². The van der Waals surface area contributed by atoms with E-state index in [1.807, 2.05) is 29.6 Å². The lowest BCUT2D eigenvalue weighted by Gasteiger charge is -2.13. The standard InChI is InChI=1S/C13H12Br2O2S/c1-17-12-3-2-10(14)4-8(12)5-11(16)9-6-13(15)18-7-9/h2-4,6-7,11,16H,5H2,1H3. The summed E-state index contributed by atoms with van der Waals surface area (Å²) in [7, 11) is 1.64. The van der Waals surface area contributed by atoms with E-state index in [2.05, 4.69) is 31.9 Å². The molecular formula is C13H12Br2O2S. The molecular weight excluding hydrogens is 380 g/mol. The largest absolute Gasteiger partial charge is 0.496 e. The van der Waals surface area contributed by atoms with E-state index in [4.69, 9.17) is 4.74 Å². The van der Waals surface area contributed by atoms with Crippen LogP contribution in [0.2, 0.25) is 0 Å². The van der Waals surface area contributed by atoms with Crippen molar-refractivity contribution in [3.63, 3.8) is 0 Å². The maximum atomic E-state index is 10.2. The summed E-state index contributed by atoms with van der Waals surface area (Å²) >= 11 is 8.41. The van der Waals surface area contributed by atoms with Crippen LogP contribution in [0.25, 0.3) is 0 Å². The van der Waals surface area contributed by atoms with Crippen LogP contribution < -0.4 is 4.74 Å². The average Bonchev–Trinajstić information content (AvgIpc) is 2.76. The van der Waals surface area contributed by atoms with E-state index in [0.29, 0.717) is 6.42 Å². The van der Waals surface area contributed by atoms with Gasteiger partial charge in [-0.3, -0.25) is 0 Å². The van der Waals surface area contributed by atoms with E-state index in [1.165, 1.54) is 0 Å². The number of hydrogen-bond donors (Lipinski definition) is 1. The van der Waals surface area contributed by atoms with E-state index in [1.54, 1.807) is 18.4 Å². The second-order valence-corrected chi connectivity index (χ2v) is 7.07. The molecule has 0 radical (unpaired) electrons. The molecule has 18 heavy (non-hydrogen) atoms. The molecule has 96 valence electrons. The van der Waals surface area contributed by atoms with Crippen molar-refractivity contribution in [1.82, 2.24) is 0 Å². The van der Waals surface area contributed by atoms with Gasteiger partial charge in [0.2, 0.25) is 0 Å². The van der Waals surface area contributed by atoms with Gasteiger partial charge in [-0.2, -0.15) is 0 Å². The van der Waals surface area contributed by atoms with E-state index in [-0.39, 0.29) is 0 Å². The summed E-state index contributed by atoms with van der Waals surface area (Å²) in [5, 5.41) is 12.2. The quantitative estimate of drug-likeness (QED) is 0.827. The van der Waals surface area contributed by atoms with Crippen LogP contribution in [-0.4, -0.2) is 12.2 Å². The first-order valence-corrected chi connectivity index (χ1v) is 7.81. The summed E-state index contributed by atoms with van der Waals surface area (Å²) in [6, 6.07) is 7.74. The number of rotatable bonds is 4. The SMILES string of the molecule is COc1ccc(Br)cc1CC(O)c1csc(Br)c1. The zero-order valence-electron chi connectivity index (χ0n) is 9.69. The molecule has 0 saturated carbocycles. The minimum atomic E-state index is -0.518. The molecule has 1 heterocycles. The molecule has 2 aromatic rings. The van der Waals surface area contributed by atoms with Crippen molar-refractivity contribution in [2.75, 3.05) is 7.11 Å². The van der Waals surface area contributed by atoms with E-state index in [0.717, 1.165) is 25.1 Å². The third-order valence-electron chi connectivity index (χ3n) is 2.63. The molecule has 2 rings (SSSR count). The van der Waals surface area contributed by atoms with E-state index in [9.17, 15) is 5.11 Å². The smallest absolute Gasteiger partial charge is 0.122 e. The molecule has 0 fully saturated rings. The molecule has 2 nitrogen and oxygen atoms in total. The minimum absolute atomic E-state index is 0.518. The normalized spacial score (nSPS) is 12.4. The highest BCUT2D eigenvalue weighted by atomic mass is 79.9. The van der Waals surface area contributed by atoms with Crippen molar-refractivity contribution < 1.29 is 9.84 Å². The topological polar surface area (TPSA) is 29.5 Å². The van der Waals surface area contributed by atoms with Gasteiger partial charge in [0, 0.05) is 10.9 Å². The van der Waals surface area contributed by atoms with Crippen LogP contribution in [0.15, 0.2) is 37.9 Å². The number of hydrogen-bond acceptors (Lipinski definition) is 3. The number of ether oxygens (including phenoxy) is 1. The summed E-state index contributed by atoms with van der Waals surface area (Å²) < 4.78 is 7.31. The molecule has 0 amide bonds. The van der Waals surface area contributed by atoms with Crippen molar-refractivity contribution in [2.45, 2.75) is 12.5 Å². The monoisotopic (exact) mass is 390 g/mol. The Balaban J connectivity index is 2.20. The number of halogens is 2. The van der Waals surface area contributed by atoms with Crippen LogP contribution in [0.3, 0.4) is 0 Å². The second-order valence-electron chi connectivity index (χ2n) is 3.86. The van der Waals surface area contributed by atoms with Gasteiger partial charge >= 0.3 is 0 Å². The molecule has 0 bridgehead atoms. The van der Waals surface area contributed by atoms with Crippen molar-refractivity contribution in [3.8, 4) is 5.75 Å². The number of methoxy groups -OCH3 is 1. The van der Waals surface area contributed by atoms with Crippen molar-refractivity contribution in [2.24, 2.45) is 0 Å². The predicted molar refractivity (Wildman–Crippen MR) is 81.4 cm³/mol. The Hall–Kier alpha value is -0.360. The predicted octanol–water partition coefficient (Wildman–Crippen LogP) is 4.56. The highest BCUT2D eigenvalue weighted by molar-refractivity contribution is 9.11. The Kier molecular flexibility index (Phi) is 4.84. The molecule has 0 spiro atoms. The first kappa shape index (κ1) is 14.1. The Morgan fingerprint density at radius 3 is 2.72 bits per heavy atom. The van der Waals surface area contributed by atoms with E-state index >= 15 is 0 Å². The van der Waals surface area contributed by atoms with Crippen LogP contribution >= 0.6 is 43.2 Å². The van der Waals surface area contributed by atoms with Gasteiger partial charge in [-0.25, -0.2) is 0 Å². The van der Waals surface area contributed by atoms with Crippen LogP contribution in [0.1, 0.15) is 17.2 Å². The molecule has 1 aromatic carbocycles. The molecule has 5 heteroatoms. The van der Waals surface area contributed by atoms with Crippen molar-refractivity contribution >= 4 is 43.2 Å². The first-order chi connectivity index (χ1) is 8.60. The lowest BCUT2D eigenvalue weighted by Crippen LogP contribution is -2.02. The van der Waals surface area contributed by atoms with Gasteiger partial charge in [0.05, 0.1) is 17.0 Å². The van der Waals surface area contributed by atoms with Gasteiger partial charge < -0.3 is 9.84 Å². The third-order valence-corrected chi connectivity index (χ3v) is 4.64. The molecule has 1 N–H and O–H groups in total. The summed E-state index contributed by atoms with van der Waals surface area (Å²) in [4.78, 5) is 0. The molecule has 0 aliphatic rings. The van der Waals surface area contributed by atoms with Crippen LogP contribution in [0.5, 0.6) is 5.75 Å². The molecule has 0 saturated heterocycles. The Labute approximate surface area is 127 Å². The van der Waals surface area contributed by atoms with Gasteiger partial charge in [-0.1, -0.05) is 15.9 Å². The lowest BCUT2D eigenvalue weighted by atomic mass is 10.0. The zero-order chi connectivity index (χ0) is 13.1. The highest BCUT2D eigenvalue weighted by Crippen LogP contribution is 2.31. The number of aliphatic hydroxyl groups excluding tert-OH is 1. The number of thiophene rings is 1. The number of benzene rings is 1. The number of aliphatic hydroxyl groups is 1. The van der Waals surface area contributed by atoms with Gasteiger partial charge in [-0.15, -0.1) is 11.3 Å². The first-order valence-electron chi connectivity index (χ1n) is 5.34. The lowest BCUT2D eigenvalue weighted by molar-refractivity contribution is 0.177. The van der Waals surface area contributed by atoms with Gasteiger partial charge in [-0.05, 0) is 56.7 Å². The van der Waals surface area contributed by atoms with Crippen LogP contribution in [0, 0.1) is 0 Å². The summed E-state index contributed by atoms with van der Waals surface area (Å²) in [5.74, 6) is 0.798. The fraction of sp³-hybridized carbons (Fsp3) is 0.231. The summed E-state index contributed by atoms with van der Waals surface area (Å²) in [5.41, 5.74) is 1.91. The summed E-state index contributed by atoms with van der Waals surface area (Å²) in [6.07, 6.45) is 0.0157. The molecule has 1 unspecified atom stereocenters. The van der Waals surface area contributed by atoms with Gasteiger partial charge in [0.1, 0.15) is 5.75 Å². The molecule has 0 aliphatic heterocycles.